The second-order valence-corrected chi connectivity index (χ2v) is 10.3. The molecule has 0 radical (unpaired) electrons. The van der Waals surface area contributed by atoms with Gasteiger partial charge < -0.3 is 0 Å². The van der Waals surface area contributed by atoms with Gasteiger partial charge in [0.05, 0.1) is 0 Å². The number of hydrogen-bond acceptors (Lipinski definition) is 3. The SMILES string of the molecule is Fc1cc(F)cc(-c2nc(-c3ccc(-c4ccc5cc(-c6ccccc6)ccc5c4)cc3)nc(-c3cc(F)cc(F)c3)n2)c1. The van der Waals surface area contributed by atoms with Crippen LogP contribution in [0.15, 0.2) is 127 Å². The average Bonchev–Trinajstić information content (AvgIpc) is 3.03. The zero-order chi connectivity index (χ0) is 30.2. The van der Waals surface area contributed by atoms with Crippen molar-refractivity contribution >= 4 is 10.8 Å². The predicted octanol–water partition coefficient (Wildman–Crippen LogP) is 9.92. The smallest absolute Gasteiger partial charge is 0.164 e. The van der Waals surface area contributed by atoms with Crippen LogP contribution in [-0.4, -0.2) is 15.0 Å². The van der Waals surface area contributed by atoms with E-state index >= 15 is 0 Å². The lowest BCUT2D eigenvalue weighted by molar-refractivity contribution is 0.583. The van der Waals surface area contributed by atoms with Crippen LogP contribution in [0.1, 0.15) is 0 Å². The van der Waals surface area contributed by atoms with E-state index in [1.165, 1.54) is 0 Å². The maximum Gasteiger partial charge on any atom is 0.164 e. The molecule has 0 unspecified atom stereocenters. The minimum atomic E-state index is -0.809. The summed E-state index contributed by atoms with van der Waals surface area (Å²) < 4.78 is 56.2. The van der Waals surface area contributed by atoms with Crippen LogP contribution in [0.25, 0.3) is 67.2 Å². The van der Waals surface area contributed by atoms with E-state index in [0.29, 0.717) is 5.56 Å². The van der Waals surface area contributed by atoms with Crippen molar-refractivity contribution in [3.8, 4) is 56.4 Å². The van der Waals surface area contributed by atoms with Crippen molar-refractivity contribution in [2.24, 2.45) is 0 Å². The molecule has 212 valence electrons. The topological polar surface area (TPSA) is 38.7 Å². The number of rotatable bonds is 5. The molecule has 0 amide bonds. The summed E-state index contributed by atoms with van der Waals surface area (Å²) in [6.45, 7) is 0. The number of fused-ring (bicyclic) bond motifs is 1. The molecule has 0 saturated heterocycles. The Morgan fingerprint density at radius 3 is 1.11 bits per heavy atom. The van der Waals surface area contributed by atoms with Crippen molar-refractivity contribution < 1.29 is 17.6 Å². The first kappa shape index (κ1) is 27.2. The summed E-state index contributed by atoms with van der Waals surface area (Å²) in [6.07, 6.45) is 0. The summed E-state index contributed by atoms with van der Waals surface area (Å²) >= 11 is 0. The molecule has 1 aromatic heterocycles. The molecule has 0 spiro atoms. The van der Waals surface area contributed by atoms with Crippen LogP contribution in [0.3, 0.4) is 0 Å². The second kappa shape index (κ2) is 11.2. The van der Waals surface area contributed by atoms with Crippen molar-refractivity contribution in [2.45, 2.75) is 0 Å². The van der Waals surface area contributed by atoms with Gasteiger partial charge in [-0.05, 0) is 69.4 Å². The average molecular weight is 584 g/mol. The Hall–Kier alpha value is -5.69. The van der Waals surface area contributed by atoms with Crippen LogP contribution in [0.2, 0.25) is 0 Å². The van der Waals surface area contributed by atoms with Gasteiger partial charge in [0.1, 0.15) is 23.3 Å². The van der Waals surface area contributed by atoms with Crippen molar-refractivity contribution in [3.05, 3.63) is 151 Å². The summed E-state index contributed by atoms with van der Waals surface area (Å²) in [5.74, 6) is -3.14. The third-order valence-electron chi connectivity index (χ3n) is 7.30. The van der Waals surface area contributed by atoms with E-state index in [0.717, 1.165) is 69.4 Å². The summed E-state index contributed by atoms with van der Waals surface area (Å²) in [6, 6.07) is 36.2. The van der Waals surface area contributed by atoms with E-state index in [1.54, 1.807) is 0 Å². The van der Waals surface area contributed by atoms with Crippen LogP contribution in [0.5, 0.6) is 0 Å². The van der Waals surface area contributed by atoms with Gasteiger partial charge in [-0.25, -0.2) is 32.5 Å². The predicted molar refractivity (Wildman–Crippen MR) is 164 cm³/mol. The Bertz CT molecular complexity index is 2050. The molecule has 0 aliphatic rings. The molecular weight excluding hydrogens is 562 g/mol. The molecule has 0 bridgehead atoms. The van der Waals surface area contributed by atoms with Crippen molar-refractivity contribution in [1.29, 1.82) is 0 Å². The molecule has 7 rings (SSSR count). The Labute approximate surface area is 250 Å². The van der Waals surface area contributed by atoms with E-state index in [-0.39, 0.29) is 28.6 Å². The molecule has 3 nitrogen and oxygen atoms in total. The van der Waals surface area contributed by atoms with E-state index < -0.39 is 23.3 Å². The molecule has 6 aromatic carbocycles. The summed E-state index contributed by atoms with van der Waals surface area (Å²) in [5.41, 5.74) is 4.98. The summed E-state index contributed by atoms with van der Waals surface area (Å²) in [5, 5.41) is 2.22. The maximum atomic E-state index is 14.1. The van der Waals surface area contributed by atoms with E-state index in [2.05, 4.69) is 63.5 Å². The molecule has 7 heteroatoms. The number of hydrogen-bond donors (Lipinski definition) is 0. The highest BCUT2D eigenvalue weighted by atomic mass is 19.1. The van der Waals surface area contributed by atoms with E-state index in [9.17, 15) is 17.6 Å². The standard InChI is InChI=1S/C37H21F4N3/c38-31-16-29(17-32(39)20-31)36-42-35(43-37(44-36)30-18-33(40)21-34(41)19-30)24-8-6-23(7-9-24)26-11-13-27-14-25(10-12-28(27)15-26)22-4-2-1-3-5-22/h1-21H. The van der Waals surface area contributed by atoms with Gasteiger partial charge in [-0.15, -0.1) is 0 Å². The monoisotopic (exact) mass is 583 g/mol. The van der Waals surface area contributed by atoms with Gasteiger partial charge in [-0.3, -0.25) is 0 Å². The highest BCUT2D eigenvalue weighted by molar-refractivity contribution is 5.91. The Morgan fingerprint density at radius 1 is 0.295 bits per heavy atom. The lowest BCUT2D eigenvalue weighted by Crippen LogP contribution is -2.01. The fourth-order valence-electron chi connectivity index (χ4n) is 5.18. The van der Waals surface area contributed by atoms with Crippen LogP contribution < -0.4 is 0 Å². The first-order valence-corrected chi connectivity index (χ1v) is 13.8. The van der Waals surface area contributed by atoms with Crippen LogP contribution >= 0.6 is 0 Å². The Balaban J connectivity index is 1.26. The minimum absolute atomic E-state index is 0.0402. The zero-order valence-electron chi connectivity index (χ0n) is 23.0. The van der Waals surface area contributed by atoms with E-state index in [4.69, 9.17) is 0 Å². The molecule has 7 aromatic rings. The molecule has 0 aliphatic heterocycles. The van der Waals surface area contributed by atoms with Crippen molar-refractivity contribution in [1.82, 2.24) is 15.0 Å². The Kier molecular flexibility index (Phi) is 6.91. The molecule has 1 heterocycles. The first-order chi connectivity index (χ1) is 21.4. The highest BCUT2D eigenvalue weighted by Gasteiger charge is 2.15. The fraction of sp³-hybridized carbons (Fsp3) is 0. The third-order valence-corrected chi connectivity index (χ3v) is 7.30. The lowest BCUT2D eigenvalue weighted by atomic mass is 9.97. The summed E-state index contributed by atoms with van der Waals surface area (Å²) in [7, 11) is 0. The van der Waals surface area contributed by atoms with Gasteiger partial charge in [-0.1, -0.05) is 78.9 Å². The molecule has 0 aliphatic carbocycles. The van der Waals surface area contributed by atoms with E-state index in [1.807, 2.05) is 42.5 Å². The lowest BCUT2D eigenvalue weighted by Gasteiger charge is -2.10. The van der Waals surface area contributed by atoms with Crippen molar-refractivity contribution in [3.63, 3.8) is 0 Å². The van der Waals surface area contributed by atoms with Gasteiger partial charge in [0.15, 0.2) is 17.5 Å². The number of halogens is 4. The first-order valence-electron chi connectivity index (χ1n) is 13.8. The number of benzene rings is 6. The van der Waals surface area contributed by atoms with Gasteiger partial charge in [0.25, 0.3) is 0 Å². The van der Waals surface area contributed by atoms with Crippen LogP contribution in [0, 0.1) is 23.3 Å². The van der Waals surface area contributed by atoms with Gasteiger partial charge in [0, 0.05) is 28.8 Å². The normalized spacial score (nSPS) is 11.2. The molecule has 0 saturated carbocycles. The Morgan fingerprint density at radius 2 is 0.659 bits per heavy atom. The second-order valence-electron chi connectivity index (χ2n) is 10.3. The van der Waals surface area contributed by atoms with Crippen LogP contribution in [-0.2, 0) is 0 Å². The maximum absolute atomic E-state index is 14.1. The fourth-order valence-corrected chi connectivity index (χ4v) is 5.18. The molecule has 44 heavy (non-hydrogen) atoms. The highest BCUT2D eigenvalue weighted by Crippen LogP contribution is 2.31. The van der Waals surface area contributed by atoms with Gasteiger partial charge in [-0.2, -0.15) is 0 Å². The minimum Gasteiger partial charge on any atom is -0.208 e. The number of nitrogens with zero attached hydrogens (tertiary/aromatic N) is 3. The molecule has 0 atom stereocenters. The third kappa shape index (κ3) is 5.55. The molecule has 0 N–H and O–H groups in total. The largest absolute Gasteiger partial charge is 0.208 e. The van der Waals surface area contributed by atoms with Gasteiger partial charge in [0.2, 0.25) is 0 Å². The van der Waals surface area contributed by atoms with Gasteiger partial charge >= 0.3 is 0 Å². The summed E-state index contributed by atoms with van der Waals surface area (Å²) in [4.78, 5) is 13.2. The molecule has 0 fully saturated rings. The number of aromatic nitrogens is 3. The quantitative estimate of drug-likeness (QED) is 0.189. The molecular formula is C37H21F4N3. The zero-order valence-corrected chi connectivity index (χ0v) is 23.0. The van der Waals surface area contributed by atoms with Crippen LogP contribution in [0.4, 0.5) is 17.6 Å². The van der Waals surface area contributed by atoms with Crippen molar-refractivity contribution in [2.75, 3.05) is 0 Å².